The molecule has 0 bridgehead atoms. The van der Waals surface area contributed by atoms with Crippen LogP contribution in [0.25, 0.3) is 11.3 Å². The van der Waals surface area contributed by atoms with E-state index in [0.717, 1.165) is 16.3 Å². The zero-order valence-electron chi connectivity index (χ0n) is 12.0. The van der Waals surface area contributed by atoms with Gasteiger partial charge in [0.05, 0.1) is 10.7 Å². The summed E-state index contributed by atoms with van der Waals surface area (Å²) < 4.78 is 27.2. The quantitative estimate of drug-likeness (QED) is 0.710. The standard InChI is InChI=1S/C15H12ClN3O2S2/c1-10-18-14(9-22-10)11-3-2-4-12(7-11)19-23(20,21)13-5-6-15(16)17-8-13/h2-9,19H,1H3. The number of thiazole rings is 1. The van der Waals surface area contributed by atoms with Crippen LogP contribution in [-0.4, -0.2) is 18.4 Å². The van der Waals surface area contributed by atoms with Crippen molar-refractivity contribution in [2.45, 2.75) is 11.8 Å². The van der Waals surface area contributed by atoms with Crippen molar-refractivity contribution in [3.63, 3.8) is 0 Å². The molecule has 3 rings (SSSR count). The fourth-order valence-corrected chi connectivity index (χ4v) is 3.70. The van der Waals surface area contributed by atoms with Crippen LogP contribution >= 0.6 is 22.9 Å². The fourth-order valence-electron chi connectivity index (χ4n) is 1.97. The number of benzene rings is 1. The minimum Gasteiger partial charge on any atom is -0.280 e. The Morgan fingerprint density at radius 1 is 1.22 bits per heavy atom. The van der Waals surface area contributed by atoms with Gasteiger partial charge in [-0.2, -0.15) is 0 Å². The molecule has 0 aliphatic rings. The molecule has 118 valence electrons. The second kappa shape index (κ2) is 6.27. The summed E-state index contributed by atoms with van der Waals surface area (Å²) in [5, 5.41) is 3.13. The van der Waals surface area contributed by atoms with Crippen molar-refractivity contribution < 1.29 is 8.42 Å². The number of aromatic nitrogens is 2. The van der Waals surface area contributed by atoms with Gasteiger partial charge in [0.2, 0.25) is 0 Å². The van der Waals surface area contributed by atoms with Crippen molar-refractivity contribution >= 4 is 38.6 Å². The van der Waals surface area contributed by atoms with Crippen LogP contribution in [0.5, 0.6) is 0 Å². The van der Waals surface area contributed by atoms with Crippen molar-refractivity contribution in [1.82, 2.24) is 9.97 Å². The van der Waals surface area contributed by atoms with E-state index < -0.39 is 10.0 Å². The van der Waals surface area contributed by atoms with Crippen molar-refractivity contribution in [2.24, 2.45) is 0 Å². The normalized spacial score (nSPS) is 11.4. The van der Waals surface area contributed by atoms with Crippen LogP contribution in [0.1, 0.15) is 5.01 Å². The summed E-state index contributed by atoms with van der Waals surface area (Å²) in [5.74, 6) is 0. The van der Waals surface area contributed by atoms with E-state index in [-0.39, 0.29) is 10.0 Å². The van der Waals surface area contributed by atoms with Crippen LogP contribution in [0, 0.1) is 6.92 Å². The SMILES string of the molecule is Cc1nc(-c2cccc(NS(=O)(=O)c3ccc(Cl)nc3)c2)cs1. The Morgan fingerprint density at radius 3 is 2.70 bits per heavy atom. The van der Waals surface area contributed by atoms with Gasteiger partial charge < -0.3 is 0 Å². The molecule has 0 aliphatic carbocycles. The van der Waals surface area contributed by atoms with Gasteiger partial charge in [0.1, 0.15) is 10.0 Å². The van der Waals surface area contributed by atoms with Crippen LogP contribution in [0.3, 0.4) is 0 Å². The average molecular weight is 366 g/mol. The molecule has 0 fully saturated rings. The molecule has 0 amide bonds. The third-order valence-electron chi connectivity index (χ3n) is 3.04. The maximum absolute atomic E-state index is 12.4. The highest BCUT2D eigenvalue weighted by molar-refractivity contribution is 7.92. The lowest BCUT2D eigenvalue weighted by Crippen LogP contribution is -2.13. The van der Waals surface area contributed by atoms with Gasteiger partial charge in [-0.15, -0.1) is 11.3 Å². The molecule has 1 N–H and O–H groups in total. The molecule has 0 atom stereocenters. The second-order valence-corrected chi connectivity index (χ2v) is 7.89. The molecule has 0 radical (unpaired) electrons. The number of hydrogen-bond acceptors (Lipinski definition) is 5. The molecule has 0 saturated heterocycles. The number of rotatable bonds is 4. The maximum Gasteiger partial charge on any atom is 0.263 e. The van der Waals surface area contributed by atoms with Crippen molar-refractivity contribution in [3.8, 4) is 11.3 Å². The minimum absolute atomic E-state index is 0.0526. The van der Waals surface area contributed by atoms with Crippen LogP contribution in [0.2, 0.25) is 5.15 Å². The Hall–Kier alpha value is -1.96. The number of anilines is 1. The molecule has 23 heavy (non-hydrogen) atoms. The van der Waals surface area contributed by atoms with Crippen molar-refractivity contribution in [2.75, 3.05) is 4.72 Å². The summed E-state index contributed by atoms with van der Waals surface area (Å²) in [4.78, 5) is 8.25. The summed E-state index contributed by atoms with van der Waals surface area (Å²) in [6.07, 6.45) is 1.22. The topological polar surface area (TPSA) is 72.0 Å². The van der Waals surface area contributed by atoms with Gasteiger partial charge in [0.25, 0.3) is 10.0 Å². The maximum atomic E-state index is 12.4. The second-order valence-electron chi connectivity index (χ2n) is 4.75. The third-order valence-corrected chi connectivity index (χ3v) is 5.40. The van der Waals surface area contributed by atoms with Crippen molar-refractivity contribution in [1.29, 1.82) is 0 Å². The largest absolute Gasteiger partial charge is 0.280 e. The van der Waals surface area contributed by atoms with E-state index in [2.05, 4.69) is 14.7 Å². The number of nitrogens with one attached hydrogen (secondary N) is 1. The highest BCUT2D eigenvalue weighted by atomic mass is 35.5. The van der Waals surface area contributed by atoms with E-state index in [9.17, 15) is 8.42 Å². The molecule has 0 aliphatic heterocycles. The number of hydrogen-bond donors (Lipinski definition) is 1. The van der Waals surface area contributed by atoms with Gasteiger partial charge in [-0.1, -0.05) is 23.7 Å². The van der Waals surface area contributed by atoms with Crippen LogP contribution < -0.4 is 4.72 Å². The zero-order valence-corrected chi connectivity index (χ0v) is 14.4. The number of aryl methyl sites for hydroxylation is 1. The lowest BCUT2D eigenvalue weighted by atomic mass is 10.1. The molecule has 0 saturated carbocycles. The van der Waals surface area contributed by atoms with E-state index in [1.807, 2.05) is 18.4 Å². The third kappa shape index (κ3) is 3.69. The molecule has 2 heterocycles. The smallest absolute Gasteiger partial charge is 0.263 e. The monoisotopic (exact) mass is 365 g/mol. The van der Waals surface area contributed by atoms with Gasteiger partial charge in [0.15, 0.2) is 0 Å². The molecule has 3 aromatic rings. The van der Waals surface area contributed by atoms with Gasteiger partial charge in [-0.3, -0.25) is 4.72 Å². The van der Waals surface area contributed by atoms with Crippen LogP contribution in [0.4, 0.5) is 5.69 Å². The lowest BCUT2D eigenvalue weighted by Gasteiger charge is -2.09. The van der Waals surface area contributed by atoms with Crippen LogP contribution in [0.15, 0.2) is 52.9 Å². The first-order chi connectivity index (χ1) is 10.9. The number of nitrogens with zero attached hydrogens (tertiary/aromatic N) is 2. The Balaban J connectivity index is 1.89. The number of pyridine rings is 1. The average Bonchev–Trinajstić information content (AvgIpc) is 2.94. The molecule has 5 nitrogen and oxygen atoms in total. The fraction of sp³-hybridized carbons (Fsp3) is 0.0667. The number of sulfonamides is 1. The summed E-state index contributed by atoms with van der Waals surface area (Å²) in [7, 11) is -3.71. The molecule has 0 unspecified atom stereocenters. The first kappa shape index (κ1) is 15.9. The van der Waals surface area contributed by atoms with Crippen molar-refractivity contribution in [3.05, 3.63) is 58.1 Å². The molecule has 8 heteroatoms. The van der Waals surface area contributed by atoms with E-state index in [1.165, 1.54) is 18.3 Å². The molecule has 0 spiro atoms. The van der Waals surface area contributed by atoms with Crippen LogP contribution in [-0.2, 0) is 10.0 Å². The van der Waals surface area contributed by atoms with E-state index >= 15 is 0 Å². The summed E-state index contributed by atoms with van der Waals surface area (Å²) in [6, 6.07) is 9.94. The summed E-state index contributed by atoms with van der Waals surface area (Å²) in [5.41, 5.74) is 2.13. The Kier molecular flexibility index (Phi) is 4.34. The van der Waals surface area contributed by atoms with Gasteiger partial charge in [-0.05, 0) is 31.2 Å². The molecular formula is C15H12ClN3O2S2. The minimum atomic E-state index is -3.71. The van der Waals surface area contributed by atoms with Gasteiger partial charge >= 0.3 is 0 Å². The predicted octanol–water partition coefficient (Wildman–Crippen LogP) is 3.97. The Bertz CT molecular complexity index is 937. The first-order valence-electron chi connectivity index (χ1n) is 6.61. The van der Waals surface area contributed by atoms with Gasteiger partial charge in [0, 0.05) is 22.8 Å². The van der Waals surface area contributed by atoms with Gasteiger partial charge in [-0.25, -0.2) is 18.4 Å². The highest BCUT2D eigenvalue weighted by Crippen LogP contribution is 2.25. The Morgan fingerprint density at radius 2 is 2.04 bits per heavy atom. The number of halogens is 1. The lowest BCUT2D eigenvalue weighted by molar-refractivity contribution is 0.601. The molecule has 2 aromatic heterocycles. The van der Waals surface area contributed by atoms with E-state index in [0.29, 0.717) is 5.69 Å². The highest BCUT2D eigenvalue weighted by Gasteiger charge is 2.15. The molecule has 1 aromatic carbocycles. The predicted molar refractivity (Wildman–Crippen MR) is 92.3 cm³/mol. The van der Waals surface area contributed by atoms with E-state index in [1.54, 1.807) is 29.5 Å². The van der Waals surface area contributed by atoms with E-state index in [4.69, 9.17) is 11.6 Å². The summed E-state index contributed by atoms with van der Waals surface area (Å²) in [6.45, 7) is 1.92. The molecular weight excluding hydrogens is 354 g/mol. The Labute approximate surface area is 143 Å². The summed E-state index contributed by atoms with van der Waals surface area (Å²) >= 11 is 7.23. The zero-order chi connectivity index (χ0) is 16.4. The first-order valence-corrected chi connectivity index (χ1v) is 9.35.